The predicted octanol–water partition coefficient (Wildman–Crippen LogP) is 4.05. The second kappa shape index (κ2) is 10.6. The first-order chi connectivity index (χ1) is 17.5. The van der Waals surface area contributed by atoms with Crippen molar-refractivity contribution in [3.05, 3.63) is 89.1 Å². The number of hydrogen-bond acceptors (Lipinski definition) is 5. The lowest BCUT2D eigenvalue weighted by Gasteiger charge is -2.18. The Morgan fingerprint density at radius 2 is 1.89 bits per heavy atom. The maximum atomic E-state index is 14.2. The maximum absolute atomic E-state index is 14.2. The van der Waals surface area contributed by atoms with Crippen LogP contribution in [0.2, 0.25) is 0 Å². The molecule has 1 aromatic heterocycles. The van der Waals surface area contributed by atoms with Crippen LogP contribution in [0.25, 0.3) is 0 Å². The van der Waals surface area contributed by atoms with Gasteiger partial charge in [-0.25, -0.2) is 13.8 Å². The molecule has 0 spiro atoms. The summed E-state index contributed by atoms with van der Waals surface area (Å²) in [5, 5.41) is 2.94. The quantitative estimate of drug-likeness (QED) is 0.471. The highest BCUT2D eigenvalue weighted by Gasteiger charge is 2.33. The number of benzene rings is 2. The topological polar surface area (TPSA) is 80.5 Å². The number of hydrogen-bond donors (Lipinski definition) is 2. The molecule has 0 radical (unpaired) electrons. The summed E-state index contributed by atoms with van der Waals surface area (Å²) in [6.07, 6.45) is 4.89. The molecule has 3 N–H and O–H groups in total. The highest BCUT2D eigenvalue weighted by atomic mass is 19.1. The number of ether oxygens (including phenoxy) is 1. The largest absolute Gasteiger partial charge is 0.493 e. The number of pyridine rings is 1. The van der Waals surface area contributed by atoms with Crippen molar-refractivity contribution in [3.63, 3.8) is 0 Å². The number of carbonyl (C=O) groups is 1. The van der Waals surface area contributed by atoms with E-state index in [9.17, 15) is 13.6 Å². The Morgan fingerprint density at radius 3 is 2.61 bits per heavy atom. The molecule has 1 saturated carbocycles. The van der Waals surface area contributed by atoms with E-state index in [1.165, 1.54) is 18.9 Å². The highest BCUT2D eigenvalue weighted by Crippen LogP contribution is 2.31. The number of carbonyl (C=O) groups excluding carboxylic acids is 1. The summed E-state index contributed by atoms with van der Waals surface area (Å²) in [5.41, 5.74) is 8.14. The maximum Gasteiger partial charge on any atom is 0.251 e. The van der Waals surface area contributed by atoms with Crippen molar-refractivity contribution in [1.82, 2.24) is 10.3 Å². The molecule has 1 aliphatic heterocycles. The van der Waals surface area contributed by atoms with E-state index in [4.69, 9.17) is 10.5 Å². The summed E-state index contributed by atoms with van der Waals surface area (Å²) >= 11 is 0. The molecule has 36 heavy (non-hydrogen) atoms. The van der Waals surface area contributed by atoms with Gasteiger partial charge in [-0.1, -0.05) is 6.07 Å². The number of nitrogens with two attached hydrogens (primary N) is 1. The fraction of sp³-hybridized carbons (Fsp3) is 0.357. The fourth-order valence-electron chi connectivity index (χ4n) is 4.52. The van der Waals surface area contributed by atoms with Gasteiger partial charge in [-0.3, -0.25) is 4.79 Å². The monoisotopic (exact) mass is 492 g/mol. The van der Waals surface area contributed by atoms with Crippen molar-refractivity contribution in [2.24, 2.45) is 11.7 Å². The molecule has 1 aliphatic carbocycles. The average molecular weight is 493 g/mol. The minimum Gasteiger partial charge on any atom is -0.493 e. The zero-order chi connectivity index (χ0) is 25.1. The molecule has 0 bridgehead atoms. The van der Waals surface area contributed by atoms with E-state index in [0.29, 0.717) is 43.1 Å². The van der Waals surface area contributed by atoms with Gasteiger partial charge in [0.25, 0.3) is 5.91 Å². The number of nitrogens with zero attached hydrogens (tertiary/aromatic N) is 2. The van der Waals surface area contributed by atoms with Crippen LogP contribution in [0.5, 0.6) is 5.75 Å². The Bertz CT molecular complexity index is 1200. The van der Waals surface area contributed by atoms with Crippen LogP contribution in [0.1, 0.15) is 40.2 Å². The molecule has 5 rings (SSSR count). The first-order valence-electron chi connectivity index (χ1n) is 12.4. The van der Waals surface area contributed by atoms with Gasteiger partial charge < -0.3 is 20.7 Å². The third-order valence-corrected chi connectivity index (χ3v) is 6.85. The second-order valence-corrected chi connectivity index (χ2v) is 9.65. The van der Waals surface area contributed by atoms with E-state index in [1.54, 1.807) is 18.3 Å². The molecule has 2 aromatic carbocycles. The fourth-order valence-corrected chi connectivity index (χ4v) is 4.52. The first kappa shape index (κ1) is 24.2. The van der Waals surface area contributed by atoms with Crippen LogP contribution < -0.4 is 20.7 Å². The lowest BCUT2D eigenvalue weighted by atomic mass is 9.94. The van der Waals surface area contributed by atoms with Crippen molar-refractivity contribution < 1.29 is 18.3 Å². The third-order valence-electron chi connectivity index (χ3n) is 6.85. The van der Waals surface area contributed by atoms with Gasteiger partial charge in [0.2, 0.25) is 0 Å². The normalized spacial score (nSPS) is 19.4. The van der Waals surface area contributed by atoms with Crippen molar-refractivity contribution in [2.45, 2.75) is 31.2 Å². The Labute approximate surface area is 209 Å². The zero-order valence-corrected chi connectivity index (χ0v) is 20.0. The van der Waals surface area contributed by atoms with E-state index >= 15 is 0 Å². The molecule has 2 fully saturated rings. The van der Waals surface area contributed by atoms with Gasteiger partial charge >= 0.3 is 0 Å². The van der Waals surface area contributed by atoms with E-state index in [-0.39, 0.29) is 17.9 Å². The number of rotatable bonds is 9. The minimum absolute atomic E-state index is 0.130. The summed E-state index contributed by atoms with van der Waals surface area (Å²) in [6, 6.07) is 14.2. The second-order valence-electron chi connectivity index (χ2n) is 9.65. The standard InChI is InChI=1S/C28H30F2N4O2/c29-21-6-9-25(30)23(13-21)24-15-34(16-26(24)31)27-10-3-18(14-33-27)11-12-32-28(35)20-4-7-22(8-5-20)36-17-19-1-2-19/h3-10,13-14,19,24,26H,1-2,11-12,15-17,31H2,(H,32,35)/t24-,26+/m1/s1. The Balaban J connectivity index is 1.10. The van der Waals surface area contributed by atoms with Gasteiger partial charge in [0.05, 0.1) is 6.61 Å². The molecule has 2 atom stereocenters. The van der Waals surface area contributed by atoms with E-state index in [0.717, 1.165) is 35.9 Å². The molecule has 1 saturated heterocycles. The predicted molar refractivity (Wildman–Crippen MR) is 134 cm³/mol. The van der Waals surface area contributed by atoms with Gasteiger partial charge in [-0.15, -0.1) is 0 Å². The van der Waals surface area contributed by atoms with Crippen LogP contribution in [0.4, 0.5) is 14.6 Å². The number of halogens is 2. The summed E-state index contributed by atoms with van der Waals surface area (Å²) in [7, 11) is 0. The van der Waals surface area contributed by atoms with Crippen LogP contribution in [-0.2, 0) is 6.42 Å². The molecule has 2 aliphatic rings. The molecule has 1 amide bonds. The molecular weight excluding hydrogens is 462 g/mol. The lowest BCUT2D eigenvalue weighted by Crippen LogP contribution is -2.29. The lowest BCUT2D eigenvalue weighted by molar-refractivity contribution is 0.0954. The van der Waals surface area contributed by atoms with E-state index < -0.39 is 11.6 Å². The molecule has 3 aromatic rings. The van der Waals surface area contributed by atoms with E-state index in [1.807, 2.05) is 29.2 Å². The van der Waals surface area contributed by atoms with Crippen LogP contribution >= 0.6 is 0 Å². The summed E-state index contributed by atoms with van der Waals surface area (Å²) in [5.74, 6) is 0.860. The third kappa shape index (κ3) is 5.82. The highest BCUT2D eigenvalue weighted by molar-refractivity contribution is 5.94. The first-order valence-corrected chi connectivity index (χ1v) is 12.4. The van der Waals surface area contributed by atoms with Crippen LogP contribution in [0, 0.1) is 17.6 Å². The molecule has 8 heteroatoms. The molecule has 0 unspecified atom stereocenters. The molecule has 6 nitrogen and oxygen atoms in total. The van der Waals surface area contributed by atoms with Crippen molar-refractivity contribution in [1.29, 1.82) is 0 Å². The Kier molecular flexibility index (Phi) is 7.13. The van der Waals surface area contributed by atoms with Crippen molar-refractivity contribution in [2.75, 3.05) is 31.1 Å². The summed E-state index contributed by atoms with van der Waals surface area (Å²) in [4.78, 5) is 19.0. The molecular formula is C28H30F2N4O2. The van der Waals surface area contributed by atoms with Gasteiger partial charge in [-0.05, 0) is 84.8 Å². The average Bonchev–Trinajstić information content (AvgIpc) is 3.64. The van der Waals surface area contributed by atoms with Crippen molar-refractivity contribution in [3.8, 4) is 5.75 Å². The molecule has 2 heterocycles. The van der Waals surface area contributed by atoms with Crippen molar-refractivity contribution >= 4 is 11.7 Å². The number of aromatic nitrogens is 1. The van der Waals surface area contributed by atoms with Gasteiger partial charge in [0, 0.05) is 43.4 Å². The van der Waals surface area contributed by atoms with Gasteiger partial charge in [0.15, 0.2) is 0 Å². The number of anilines is 1. The zero-order valence-electron chi connectivity index (χ0n) is 20.0. The summed E-state index contributed by atoms with van der Waals surface area (Å²) < 4.78 is 33.6. The Morgan fingerprint density at radius 1 is 1.08 bits per heavy atom. The Hall–Kier alpha value is -3.52. The van der Waals surface area contributed by atoms with E-state index in [2.05, 4.69) is 10.3 Å². The number of amides is 1. The van der Waals surface area contributed by atoms with Crippen LogP contribution in [0.3, 0.4) is 0 Å². The number of nitrogens with one attached hydrogen (secondary N) is 1. The van der Waals surface area contributed by atoms with Gasteiger partial charge in [0.1, 0.15) is 23.2 Å². The minimum atomic E-state index is -0.471. The summed E-state index contributed by atoms with van der Waals surface area (Å²) in [6.45, 7) is 2.20. The van der Waals surface area contributed by atoms with Crippen LogP contribution in [0.15, 0.2) is 60.8 Å². The smallest absolute Gasteiger partial charge is 0.251 e. The SMILES string of the molecule is N[C@H]1CN(c2ccc(CCNC(=O)c3ccc(OCC4CC4)cc3)cn2)C[C@@H]1c1cc(F)ccc1F. The van der Waals surface area contributed by atoms with Gasteiger partial charge in [-0.2, -0.15) is 0 Å². The molecule has 188 valence electrons. The van der Waals surface area contributed by atoms with Crippen LogP contribution in [-0.4, -0.2) is 43.2 Å².